The van der Waals surface area contributed by atoms with E-state index in [1.54, 1.807) is 5.57 Å². The van der Waals surface area contributed by atoms with E-state index in [1.165, 1.54) is 51.4 Å². The summed E-state index contributed by atoms with van der Waals surface area (Å²) in [7, 11) is 0. The van der Waals surface area contributed by atoms with Crippen molar-refractivity contribution in [3.63, 3.8) is 0 Å². The number of carbonyl (C=O) groups is 1. The molecule has 3 saturated carbocycles. The van der Waals surface area contributed by atoms with Gasteiger partial charge in [-0.25, -0.2) is 4.79 Å². The van der Waals surface area contributed by atoms with Crippen molar-refractivity contribution in [3.8, 4) is 0 Å². The van der Waals surface area contributed by atoms with Crippen molar-refractivity contribution in [1.82, 2.24) is 0 Å². The second-order valence-electron chi connectivity index (χ2n) is 14.3. The molecule has 3 fully saturated rings. The lowest BCUT2D eigenvalue weighted by Crippen LogP contribution is -2.51. The number of hydrogen-bond donors (Lipinski definition) is 0. The third-order valence-electron chi connectivity index (χ3n) is 11.7. The summed E-state index contributed by atoms with van der Waals surface area (Å²) in [6.45, 7) is 12.8. The molecule has 210 valence electrons. The van der Waals surface area contributed by atoms with Crippen molar-refractivity contribution in [2.75, 3.05) is 0 Å². The molecule has 4 aliphatic carbocycles. The van der Waals surface area contributed by atoms with E-state index in [2.05, 4.69) is 40.7 Å². The fourth-order valence-corrected chi connectivity index (χ4v) is 9.64. The topological polar surface area (TPSA) is 35.5 Å². The van der Waals surface area contributed by atoms with Gasteiger partial charge in [0.1, 0.15) is 12.7 Å². The number of fused-ring (bicyclic) bond motifs is 5. The standard InChI is InChI=1S/C35H52O3/c1-24(2)10-9-11-25(3)30-16-17-31-29-15-14-27-22-28(38-33(36)37-23-26-12-7-6-8-13-26)18-20-34(27,4)32(29)19-21-35(30,31)5/h6-8,12-14,24-25,28-32H,9-11,15-23H2,1-5H3/t25-,28-,29+,30-,31+,32+,34-,35-/m0/s1. The number of rotatable bonds is 8. The first-order valence-electron chi connectivity index (χ1n) is 15.8. The van der Waals surface area contributed by atoms with Crippen LogP contribution in [-0.4, -0.2) is 12.3 Å². The van der Waals surface area contributed by atoms with Gasteiger partial charge in [0.15, 0.2) is 0 Å². The van der Waals surface area contributed by atoms with Crippen LogP contribution in [0, 0.1) is 46.3 Å². The molecule has 3 nitrogen and oxygen atoms in total. The fraction of sp³-hybridized carbons (Fsp3) is 0.743. The largest absolute Gasteiger partial charge is 0.508 e. The van der Waals surface area contributed by atoms with Crippen molar-refractivity contribution in [1.29, 1.82) is 0 Å². The van der Waals surface area contributed by atoms with Gasteiger partial charge in [-0.3, -0.25) is 0 Å². The number of ether oxygens (including phenoxy) is 2. The van der Waals surface area contributed by atoms with E-state index in [1.807, 2.05) is 30.3 Å². The van der Waals surface area contributed by atoms with Gasteiger partial charge in [-0.1, -0.05) is 95.9 Å². The van der Waals surface area contributed by atoms with Crippen LogP contribution in [0.5, 0.6) is 0 Å². The summed E-state index contributed by atoms with van der Waals surface area (Å²) < 4.78 is 11.2. The van der Waals surface area contributed by atoms with Gasteiger partial charge >= 0.3 is 6.16 Å². The SMILES string of the molecule is CC(C)CCC[C@H](C)[C@@H]1CC[C@@H]2[C@H]3CC=C4C[C@@H](OC(=O)OCc5ccccc5)CC[C@]4(C)[C@@H]3CC[C@]21C. The summed E-state index contributed by atoms with van der Waals surface area (Å²) in [5, 5.41) is 0. The van der Waals surface area contributed by atoms with Crippen molar-refractivity contribution in [2.45, 2.75) is 118 Å². The van der Waals surface area contributed by atoms with Crippen LogP contribution in [0.15, 0.2) is 42.0 Å². The molecule has 38 heavy (non-hydrogen) atoms. The van der Waals surface area contributed by atoms with Gasteiger partial charge < -0.3 is 9.47 Å². The van der Waals surface area contributed by atoms with Gasteiger partial charge in [-0.15, -0.1) is 0 Å². The lowest BCUT2D eigenvalue weighted by molar-refractivity contribution is -0.0620. The third-order valence-corrected chi connectivity index (χ3v) is 11.7. The van der Waals surface area contributed by atoms with E-state index in [0.717, 1.165) is 60.3 Å². The number of hydrogen-bond acceptors (Lipinski definition) is 3. The summed E-state index contributed by atoms with van der Waals surface area (Å²) in [5.41, 5.74) is 3.36. The molecule has 5 rings (SSSR count). The number of allylic oxidation sites excluding steroid dienone is 1. The van der Waals surface area contributed by atoms with E-state index >= 15 is 0 Å². The first kappa shape index (κ1) is 27.8. The van der Waals surface area contributed by atoms with Crippen LogP contribution in [0.4, 0.5) is 4.79 Å². The summed E-state index contributed by atoms with van der Waals surface area (Å²) in [6.07, 6.45) is 16.1. The van der Waals surface area contributed by atoms with Crippen LogP contribution in [0.3, 0.4) is 0 Å². The minimum atomic E-state index is -0.523. The van der Waals surface area contributed by atoms with Gasteiger partial charge in [0.25, 0.3) is 0 Å². The summed E-state index contributed by atoms with van der Waals surface area (Å²) in [6, 6.07) is 9.83. The zero-order chi connectivity index (χ0) is 26.9. The average Bonchev–Trinajstić information content (AvgIpc) is 3.25. The van der Waals surface area contributed by atoms with Crippen molar-refractivity contribution in [3.05, 3.63) is 47.5 Å². The van der Waals surface area contributed by atoms with Gasteiger partial charge in [0.2, 0.25) is 0 Å². The Morgan fingerprint density at radius 1 is 0.974 bits per heavy atom. The summed E-state index contributed by atoms with van der Waals surface area (Å²) in [5.74, 6) is 5.11. The zero-order valence-corrected chi connectivity index (χ0v) is 24.7. The Labute approximate surface area is 232 Å². The summed E-state index contributed by atoms with van der Waals surface area (Å²) in [4.78, 5) is 12.4. The Balaban J connectivity index is 1.19. The quantitative estimate of drug-likeness (QED) is 0.253. The highest BCUT2D eigenvalue weighted by atomic mass is 16.7. The maximum Gasteiger partial charge on any atom is 0.508 e. The molecule has 3 heteroatoms. The molecule has 0 heterocycles. The molecule has 0 unspecified atom stereocenters. The van der Waals surface area contributed by atoms with E-state index in [-0.39, 0.29) is 18.1 Å². The van der Waals surface area contributed by atoms with Crippen LogP contribution in [0.2, 0.25) is 0 Å². The maximum atomic E-state index is 12.4. The Morgan fingerprint density at radius 3 is 2.53 bits per heavy atom. The lowest BCUT2D eigenvalue weighted by atomic mass is 9.47. The molecule has 0 aromatic heterocycles. The molecule has 0 spiro atoms. The Morgan fingerprint density at radius 2 is 1.76 bits per heavy atom. The molecule has 0 saturated heterocycles. The molecule has 0 radical (unpaired) electrons. The molecule has 8 atom stereocenters. The van der Waals surface area contributed by atoms with Crippen molar-refractivity contribution in [2.24, 2.45) is 46.3 Å². The minimum Gasteiger partial charge on any atom is -0.431 e. The van der Waals surface area contributed by atoms with E-state index in [4.69, 9.17) is 9.47 Å². The maximum absolute atomic E-state index is 12.4. The highest BCUT2D eigenvalue weighted by Crippen LogP contribution is 2.67. The Hall–Kier alpha value is -1.77. The average molecular weight is 521 g/mol. The monoisotopic (exact) mass is 520 g/mol. The molecule has 4 aliphatic rings. The zero-order valence-electron chi connectivity index (χ0n) is 24.7. The van der Waals surface area contributed by atoms with Gasteiger partial charge in [-0.05, 0) is 96.8 Å². The number of carbonyl (C=O) groups excluding carboxylic acids is 1. The van der Waals surface area contributed by atoms with Gasteiger partial charge in [0, 0.05) is 6.42 Å². The molecule has 1 aromatic rings. The second-order valence-corrected chi connectivity index (χ2v) is 14.3. The second kappa shape index (κ2) is 11.4. The molecule has 1 aromatic carbocycles. The lowest BCUT2D eigenvalue weighted by Gasteiger charge is -2.58. The smallest absolute Gasteiger partial charge is 0.431 e. The van der Waals surface area contributed by atoms with E-state index < -0.39 is 6.16 Å². The fourth-order valence-electron chi connectivity index (χ4n) is 9.64. The Bertz CT molecular complexity index is 982. The normalized spacial score (nSPS) is 37.0. The predicted molar refractivity (Wildman–Crippen MR) is 155 cm³/mol. The minimum absolute atomic E-state index is 0.0504. The van der Waals surface area contributed by atoms with Crippen LogP contribution in [0.1, 0.15) is 111 Å². The highest BCUT2D eigenvalue weighted by Gasteiger charge is 2.59. The van der Waals surface area contributed by atoms with Crippen LogP contribution >= 0.6 is 0 Å². The van der Waals surface area contributed by atoms with Crippen LogP contribution in [-0.2, 0) is 16.1 Å². The molecule has 0 aliphatic heterocycles. The van der Waals surface area contributed by atoms with E-state index in [9.17, 15) is 4.79 Å². The summed E-state index contributed by atoms with van der Waals surface area (Å²) >= 11 is 0. The van der Waals surface area contributed by atoms with Gasteiger partial charge in [-0.2, -0.15) is 0 Å². The predicted octanol–water partition coefficient (Wildman–Crippen LogP) is 9.75. The molecular formula is C35H52O3. The van der Waals surface area contributed by atoms with Crippen LogP contribution in [0.25, 0.3) is 0 Å². The molecule has 0 bridgehead atoms. The highest BCUT2D eigenvalue weighted by molar-refractivity contribution is 5.60. The van der Waals surface area contributed by atoms with Crippen LogP contribution < -0.4 is 0 Å². The van der Waals surface area contributed by atoms with E-state index in [0.29, 0.717) is 5.41 Å². The third kappa shape index (κ3) is 5.46. The molecule has 0 amide bonds. The molecule has 0 N–H and O–H groups in total. The van der Waals surface area contributed by atoms with Crippen molar-refractivity contribution < 1.29 is 14.3 Å². The van der Waals surface area contributed by atoms with Crippen molar-refractivity contribution >= 4 is 6.16 Å². The first-order chi connectivity index (χ1) is 18.2. The Kier molecular flexibility index (Phi) is 8.32. The first-order valence-corrected chi connectivity index (χ1v) is 15.8. The molecular weight excluding hydrogens is 468 g/mol. The van der Waals surface area contributed by atoms with Gasteiger partial charge in [0.05, 0.1) is 0 Å². The number of benzene rings is 1.